The van der Waals surface area contributed by atoms with Crippen molar-refractivity contribution in [2.24, 2.45) is 0 Å². The highest BCUT2D eigenvalue weighted by Gasteiger charge is 2.46. The largest absolute Gasteiger partial charge is 0.507 e. The summed E-state index contributed by atoms with van der Waals surface area (Å²) < 4.78 is 16.4. The molecule has 1 aliphatic carbocycles. The molecule has 2 aromatic rings. The average molecular weight is 489 g/mol. The zero-order chi connectivity index (χ0) is 25.6. The number of hydrogen-bond donors (Lipinski definition) is 6. The number of aryl methyl sites for hydroxylation is 1. The molecular weight excluding hydrogens is 462 g/mol. The first kappa shape index (κ1) is 25.0. The van der Waals surface area contributed by atoms with E-state index in [-0.39, 0.29) is 46.0 Å². The van der Waals surface area contributed by atoms with E-state index >= 15 is 0 Å². The number of phenols is 1. The summed E-state index contributed by atoms with van der Waals surface area (Å²) in [5.41, 5.74) is 0.713. The fourth-order valence-corrected chi connectivity index (χ4v) is 4.42. The molecule has 0 amide bonds. The highest BCUT2D eigenvalue weighted by Crippen LogP contribution is 2.42. The van der Waals surface area contributed by atoms with Gasteiger partial charge in [-0.1, -0.05) is 0 Å². The monoisotopic (exact) mass is 489 g/mol. The van der Waals surface area contributed by atoms with Crippen LogP contribution in [0.5, 0.6) is 17.2 Å². The summed E-state index contributed by atoms with van der Waals surface area (Å²) in [4.78, 5) is 27.1. The number of benzene rings is 2. The van der Waals surface area contributed by atoms with Crippen molar-refractivity contribution in [3.63, 3.8) is 0 Å². The Morgan fingerprint density at radius 2 is 1.69 bits per heavy atom. The molecule has 11 nitrogen and oxygen atoms in total. The molecule has 188 valence electrons. The Hall–Kier alpha value is -3.06. The molecule has 4 rings (SSSR count). The fourth-order valence-electron chi connectivity index (χ4n) is 4.42. The molecule has 6 N–H and O–H groups in total. The maximum atomic E-state index is 13.6. The minimum atomic E-state index is -1.74. The number of fused-ring (bicyclic) bond motifs is 2. The van der Waals surface area contributed by atoms with Crippen LogP contribution in [0.15, 0.2) is 18.2 Å². The highest BCUT2D eigenvalue weighted by atomic mass is 16.7. The van der Waals surface area contributed by atoms with E-state index < -0.39 is 48.9 Å². The number of rotatable bonds is 6. The van der Waals surface area contributed by atoms with Gasteiger partial charge in [-0.2, -0.15) is 0 Å². The van der Waals surface area contributed by atoms with Crippen molar-refractivity contribution in [2.45, 2.75) is 44.2 Å². The summed E-state index contributed by atoms with van der Waals surface area (Å²) >= 11 is 0. The molecule has 2 aromatic carbocycles. The second-order valence-corrected chi connectivity index (χ2v) is 8.49. The van der Waals surface area contributed by atoms with Crippen LogP contribution in [0.3, 0.4) is 0 Å². The SMILES string of the molecule is CNCc1c(C)cc2c(c1O)C(=O)c1c(O[C@H]3O[C@H](CO)[C@@H](O)[C@H](O)[C@H]3O)cc(OC)cc1C2=O. The second kappa shape index (κ2) is 9.53. The Morgan fingerprint density at radius 3 is 2.31 bits per heavy atom. The van der Waals surface area contributed by atoms with Crippen LogP contribution in [0.1, 0.15) is 43.0 Å². The minimum Gasteiger partial charge on any atom is -0.507 e. The van der Waals surface area contributed by atoms with Gasteiger partial charge in [0.1, 0.15) is 41.7 Å². The summed E-state index contributed by atoms with van der Waals surface area (Å²) in [6, 6.07) is 4.21. The molecule has 0 unspecified atom stereocenters. The van der Waals surface area contributed by atoms with Gasteiger partial charge in [0.2, 0.25) is 12.1 Å². The number of methoxy groups -OCH3 is 1. The van der Waals surface area contributed by atoms with Crippen LogP contribution >= 0.6 is 0 Å². The van der Waals surface area contributed by atoms with Crippen LogP contribution < -0.4 is 14.8 Å². The second-order valence-electron chi connectivity index (χ2n) is 8.49. The number of hydrogen-bond acceptors (Lipinski definition) is 11. The van der Waals surface area contributed by atoms with Crippen LogP contribution in [-0.4, -0.2) is 88.6 Å². The summed E-state index contributed by atoms with van der Waals surface area (Å²) in [5.74, 6) is -1.59. The van der Waals surface area contributed by atoms with E-state index in [1.54, 1.807) is 20.0 Å². The van der Waals surface area contributed by atoms with Gasteiger partial charge in [-0.3, -0.25) is 9.59 Å². The number of nitrogens with one attached hydrogen (secondary N) is 1. The summed E-state index contributed by atoms with van der Waals surface area (Å²) in [7, 11) is 3.03. The Kier molecular flexibility index (Phi) is 6.82. The Balaban J connectivity index is 1.84. The van der Waals surface area contributed by atoms with Crippen LogP contribution in [-0.2, 0) is 11.3 Å². The third-order valence-electron chi connectivity index (χ3n) is 6.33. The van der Waals surface area contributed by atoms with E-state index in [2.05, 4.69) is 5.32 Å². The summed E-state index contributed by atoms with van der Waals surface area (Å²) in [5, 5.41) is 53.8. The molecule has 11 heteroatoms. The smallest absolute Gasteiger partial charge is 0.229 e. The first-order chi connectivity index (χ1) is 16.6. The molecule has 35 heavy (non-hydrogen) atoms. The van der Waals surface area contributed by atoms with Gasteiger partial charge >= 0.3 is 0 Å². The van der Waals surface area contributed by atoms with Crippen LogP contribution in [0.4, 0.5) is 0 Å². The van der Waals surface area contributed by atoms with Crippen LogP contribution in [0.25, 0.3) is 0 Å². The van der Waals surface area contributed by atoms with E-state index in [0.717, 1.165) is 0 Å². The van der Waals surface area contributed by atoms with E-state index in [1.165, 1.54) is 19.2 Å². The van der Waals surface area contributed by atoms with Gasteiger partial charge in [-0.05, 0) is 31.7 Å². The quantitative estimate of drug-likeness (QED) is 0.260. The lowest BCUT2D eigenvalue weighted by Gasteiger charge is -2.39. The molecule has 2 aliphatic rings. The van der Waals surface area contributed by atoms with Crippen molar-refractivity contribution >= 4 is 11.6 Å². The zero-order valence-corrected chi connectivity index (χ0v) is 19.3. The molecular formula is C24H27NO10. The van der Waals surface area contributed by atoms with Crippen LogP contribution in [0.2, 0.25) is 0 Å². The summed E-state index contributed by atoms with van der Waals surface area (Å²) in [6.45, 7) is 1.31. The van der Waals surface area contributed by atoms with Gasteiger partial charge in [0, 0.05) is 29.3 Å². The molecule has 0 radical (unpaired) electrons. The predicted octanol–water partition coefficient (Wildman–Crippen LogP) is -0.617. The number of phenolic OH excluding ortho intramolecular Hbond substituents is 1. The predicted molar refractivity (Wildman–Crippen MR) is 120 cm³/mol. The lowest BCUT2D eigenvalue weighted by Crippen LogP contribution is -2.60. The maximum Gasteiger partial charge on any atom is 0.229 e. The summed E-state index contributed by atoms with van der Waals surface area (Å²) in [6.07, 6.45) is -7.89. The van der Waals surface area contributed by atoms with Gasteiger partial charge in [-0.25, -0.2) is 0 Å². The molecule has 0 bridgehead atoms. The van der Waals surface area contributed by atoms with Gasteiger partial charge in [0.05, 0.1) is 24.8 Å². The first-order valence-corrected chi connectivity index (χ1v) is 10.9. The number of carbonyl (C=O) groups excluding carboxylic acids is 2. The fraction of sp³-hybridized carbons (Fsp3) is 0.417. The van der Waals surface area contributed by atoms with E-state index in [4.69, 9.17) is 14.2 Å². The molecule has 0 saturated carbocycles. The number of carbonyl (C=O) groups is 2. The first-order valence-electron chi connectivity index (χ1n) is 10.9. The molecule has 1 aliphatic heterocycles. The van der Waals surface area contributed by atoms with E-state index in [1.807, 2.05) is 0 Å². The molecule has 1 saturated heterocycles. The van der Waals surface area contributed by atoms with Crippen molar-refractivity contribution in [2.75, 3.05) is 20.8 Å². The Morgan fingerprint density at radius 1 is 1.00 bits per heavy atom. The number of aromatic hydroxyl groups is 1. The van der Waals surface area contributed by atoms with Crippen molar-refractivity contribution in [3.8, 4) is 17.2 Å². The highest BCUT2D eigenvalue weighted by molar-refractivity contribution is 6.30. The Bertz CT molecular complexity index is 1180. The standard InChI is InChI=1S/C24H27NO10/c1-9-4-11-17(19(28)13(9)7-25-2)21(30)16-12(18(11)27)5-10(33-3)6-14(16)34-24-23(32)22(31)20(29)15(8-26)35-24/h4-6,15,20,22-26,28-29,31-32H,7-8H2,1-3H3/t15-,20-,22+,23-,24+/m1/s1. The van der Waals surface area contributed by atoms with Gasteiger partial charge in [0.15, 0.2) is 5.78 Å². The third-order valence-corrected chi connectivity index (χ3v) is 6.33. The lowest BCUT2D eigenvalue weighted by molar-refractivity contribution is -0.277. The number of ether oxygens (including phenoxy) is 3. The number of aliphatic hydroxyl groups is 4. The molecule has 5 atom stereocenters. The maximum absolute atomic E-state index is 13.6. The minimum absolute atomic E-state index is 0.0318. The molecule has 1 fully saturated rings. The van der Waals surface area contributed by atoms with Crippen molar-refractivity contribution in [1.82, 2.24) is 5.32 Å². The molecule has 0 spiro atoms. The van der Waals surface area contributed by atoms with Gasteiger partial charge in [-0.15, -0.1) is 0 Å². The topological polar surface area (TPSA) is 175 Å². The number of ketones is 2. The van der Waals surface area contributed by atoms with Crippen molar-refractivity contribution in [3.05, 3.63) is 51.6 Å². The normalized spacial score (nSPS) is 25.7. The number of aliphatic hydroxyl groups excluding tert-OH is 4. The molecule has 1 heterocycles. The van der Waals surface area contributed by atoms with Crippen molar-refractivity contribution < 1.29 is 49.3 Å². The van der Waals surface area contributed by atoms with Gasteiger partial charge < -0.3 is 45.1 Å². The van der Waals surface area contributed by atoms with Crippen molar-refractivity contribution in [1.29, 1.82) is 0 Å². The lowest BCUT2D eigenvalue weighted by atomic mass is 9.81. The third kappa shape index (κ3) is 4.05. The van der Waals surface area contributed by atoms with Crippen LogP contribution in [0, 0.1) is 6.92 Å². The molecule has 0 aromatic heterocycles. The zero-order valence-electron chi connectivity index (χ0n) is 19.3. The van der Waals surface area contributed by atoms with E-state index in [0.29, 0.717) is 11.1 Å². The Labute approximate surface area is 200 Å². The van der Waals surface area contributed by atoms with Gasteiger partial charge in [0.25, 0.3) is 0 Å². The van der Waals surface area contributed by atoms with E-state index in [9.17, 15) is 35.1 Å². The average Bonchev–Trinajstić information content (AvgIpc) is 2.84.